The van der Waals surface area contributed by atoms with Crippen LogP contribution in [0.15, 0.2) is 16.9 Å². The summed E-state index contributed by atoms with van der Waals surface area (Å²) >= 11 is 13.4. The number of amides is 1. The number of carbonyl (C=O) groups excluding carboxylic acids is 1. The number of fused-ring (bicyclic) bond motifs is 1. The van der Waals surface area contributed by atoms with E-state index < -0.39 is 0 Å². The van der Waals surface area contributed by atoms with Gasteiger partial charge in [-0.2, -0.15) is 0 Å². The Kier molecular flexibility index (Phi) is 8.28. The Bertz CT molecular complexity index is 1140. The van der Waals surface area contributed by atoms with Crippen LogP contribution in [0.5, 0.6) is 5.75 Å². The lowest BCUT2D eigenvalue weighted by molar-refractivity contribution is -0.122. The Labute approximate surface area is 208 Å². The number of aromatic amines is 1. The van der Waals surface area contributed by atoms with Gasteiger partial charge in [0.25, 0.3) is 17.9 Å². The number of aryl methyl sites for hydroxylation is 1. The molecule has 1 saturated heterocycles. The lowest BCUT2D eigenvalue weighted by atomic mass is 9.81. The molecule has 4 rings (SSSR count). The summed E-state index contributed by atoms with van der Waals surface area (Å²) in [6, 6.07) is 3.70. The van der Waals surface area contributed by atoms with Gasteiger partial charge in [-0.25, -0.2) is 0 Å². The number of likely N-dealkylation sites (tertiary alicyclic amines) is 1. The largest absolute Gasteiger partial charge is 0.496 e. The average Bonchev–Trinajstić information content (AvgIpc) is 2.76. The highest BCUT2D eigenvalue weighted by molar-refractivity contribution is 6.37. The van der Waals surface area contributed by atoms with Gasteiger partial charge >= 0.3 is 0 Å². The highest BCUT2D eigenvalue weighted by Crippen LogP contribution is 2.41. The van der Waals surface area contributed by atoms with E-state index in [0.29, 0.717) is 51.5 Å². The molecule has 8 nitrogen and oxygen atoms in total. The minimum atomic E-state index is -0.254. The number of carbonyl (C=O) groups is 2. The quantitative estimate of drug-likeness (QED) is 0.597. The fraction of sp³-hybridized carbons (Fsp3) is 0.458. The molecule has 34 heavy (non-hydrogen) atoms. The predicted molar refractivity (Wildman–Crippen MR) is 131 cm³/mol. The normalized spacial score (nSPS) is 16.8. The van der Waals surface area contributed by atoms with Gasteiger partial charge < -0.3 is 24.6 Å². The zero-order valence-electron chi connectivity index (χ0n) is 19.7. The van der Waals surface area contributed by atoms with Crippen LogP contribution in [0.1, 0.15) is 45.6 Å². The second-order valence-electron chi connectivity index (χ2n) is 8.80. The van der Waals surface area contributed by atoms with Crippen LogP contribution in [0.2, 0.25) is 10.0 Å². The molecule has 0 saturated carbocycles. The van der Waals surface area contributed by atoms with Gasteiger partial charge in [-0.1, -0.05) is 30.1 Å². The number of rotatable bonds is 5. The number of pyridine rings is 1. The number of hydrogen-bond acceptors (Lipinski definition) is 5. The molecule has 1 amide bonds. The summed E-state index contributed by atoms with van der Waals surface area (Å²) < 4.78 is 5.39. The van der Waals surface area contributed by atoms with E-state index in [1.54, 1.807) is 17.9 Å². The molecule has 1 unspecified atom stereocenters. The summed E-state index contributed by atoms with van der Waals surface area (Å²) in [6.45, 7) is 6.30. The maximum absolute atomic E-state index is 13.5. The molecule has 3 heterocycles. The molecule has 0 bridgehead atoms. The zero-order chi connectivity index (χ0) is 25.2. The van der Waals surface area contributed by atoms with E-state index in [1.807, 2.05) is 6.07 Å². The molecular weight excluding hydrogens is 481 g/mol. The van der Waals surface area contributed by atoms with E-state index in [0.717, 1.165) is 24.2 Å². The Hall–Kier alpha value is -2.55. The van der Waals surface area contributed by atoms with Gasteiger partial charge in [-0.05, 0) is 55.5 Å². The van der Waals surface area contributed by atoms with Crippen LogP contribution in [0.25, 0.3) is 0 Å². The van der Waals surface area contributed by atoms with Crippen molar-refractivity contribution in [1.82, 2.24) is 14.8 Å². The van der Waals surface area contributed by atoms with Crippen molar-refractivity contribution in [2.75, 3.05) is 33.8 Å². The van der Waals surface area contributed by atoms with Crippen molar-refractivity contribution < 1.29 is 19.4 Å². The average molecular weight is 510 g/mol. The number of benzene rings is 1. The van der Waals surface area contributed by atoms with E-state index >= 15 is 0 Å². The molecule has 0 aliphatic carbocycles. The minimum Gasteiger partial charge on any atom is -0.496 e. The number of methoxy groups -OCH3 is 1. The number of carboxylic acid groups (broad SMARTS) is 1. The standard InChI is InChI=1S/C23H27Cl2N3O3.CH2O2/c1-12-7-19(31-4)17(22(29)26-12)11-28-6-5-15-18(24)8-16(21(25)20(15)23(28)30)13(2)14-9-27(3)10-14;2-1-3/h7-8,13-14H,5-6,9-11H2,1-4H3,(H,26,29);1H,(H,2,3). The molecule has 1 fully saturated rings. The first-order chi connectivity index (χ1) is 16.1. The number of ether oxygens (including phenoxy) is 1. The van der Waals surface area contributed by atoms with Gasteiger partial charge in [-0.3, -0.25) is 14.4 Å². The van der Waals surface area contributed by atoms with E-state index in [2.05, 4.69) is 23.9 Å². The van der Waals surface area contributed by atoms with E-state index in [9.17, 15) is 9.59 Å². The van der Waals surface area contributed by atoms with Crippen molar-refractivity contribution in [2.45, 2.75) is 32.7 Å². The minimum absolute atomic E-state index is 0.151. The smallest absolute Gasteiger partial charge is 0.290 e. The third-order valence-corrected chi connectivity index (χ3v) is 7.31. The van der Waals surface area contributed by atoms with Crippen LogP contribution >= 0.6 is 23.2 Å². The van der Waals surface area contributed by atoms with Gasteiger partial charge in [0.15, 0.2) is 0 Å². The van der Waals surface area contributed by atoms with Crippen LogP contribution in [0.3, 0.4) is 0 Å². The van der Waals surface area contributed by atoms with Crippen LogP contribution in [0.4, 0.5) is 0 Å². The molecule has 2 N–H and O–H groups in total. The Morgan fingerprint density at radius 3 is 2.53 bits per heavy atom. The highest BCUT2D eigenvalue weighted by Gasteiger charge is 2.35. The first kappa shape index (κ1) is 26.1. The second kappa shape index (κ2) is 10.8. The predicted octanol–water partition coefficient (Wildman–Crippen LogP) is 3.56. The summed E-state index contributed by atoms with van der Waals surface area (Å²) in [7, 11) is 3.61. The third kappa shape index (κ3) is 5.09. The molecular formula is C24H29Cl2N3O5. The summed E-state index contributed by atoms with van der Waals surface area (Å²) in [4.78, 5) is 41.1. The van der Waals surface area contributed by atoms with E-state index in [4.69, 9.17) is 37.8 Å². The number of nitrogens with zero attached hydrogens (tertiary/aromatic N) is 2. The zero-order valence-corrected chi connectivity index (χ0v) is 21.2. The van der Waals surface area contributed by atoms with Gasteiger partial charge in [-0.15, -0.1) is 0 Å². The summed E-state index contributed by atoms with van der Waals surface area (Å²) in [5, 5.41) is 7.97. The number of hydrogen-bond donors (Lipinski definition) is 2. The lowest BCUT2D eigenvalue weighted by Crippen LogP contribution is -2.46. The molecule has 0 spiro atoms. The Balaban J connectivity index is 0.00000103. The maximum atomic E-state index is 13.5. The van der Waals surface area contributed by atoms with Gasteiger partial charge in [0.1, 0.15) is 5.75 Å². The van der Waals surface area contributed by atoms with E-state index in [1.165, 1.54) is 7.11 Å². The molecule has 2 aliphatic heterocycles. The van der Waals surface area contributed by atoms with Crippen molar-refractivity contribution >= 4 is 35.6 Å². The topological polar surface area (TPSA) is 103 Å². The van der Waals surface area contributed by atoms with Crippen LogP contribution < -0.4 is 10.3 Å². The van der Waals surface area contributed by atoms with Gasteiger partial charge in [0, 0.05) is 30.4 Å². The molecule has 184 valence electrons. The molecule has 2 aliphatic rings. The van der Waals surface area contributed by atoms with Gasteiger partial charge in [0.05, 0.1) is 29.8 Å². The number of halogens is 2. The summed E-state index contributed by atoms with van der Waals surface area (Å²) in [6.07, 6.45) is 0.590. The van der Waals surface area contributed by atoms with Crippen molar-refractivity contribution in [2.24, 2.45) is 5.92 Å². The molecule has 2 aromatic rings. The number of aromatic nitrogens is 1. The SMILES string of the molecule is COc1cc(C)[nH]c(=O)c1CN1CCc2c(Cl)cc(C(C)C3CN(C)C3)c(Cl)c2C1=O.O=CO. The molecule has 1 aromatic carbocycles. The van der Waals surface area contributed by atoms with Crippen LogP contribution in [0, 0.1) is 12.8 Å². The lowest BCUT2D eigenvalue weighted by Gasteiger charge is -2.41. The molecule has 10 heteroatoms. The van der Waals surface area contributed by atoms with Crippen molar-refractivity contribution in [1.29, 1.82) is 0 Å². The Morgan fingerprint density at radius 1 is 1.29 bits per heavy atom. The highest BCUT2D eigenvalue weighted by atomic mass is 35.5. The number of nitrogens with one attached hydrogen (secondary N) is 1. The fourth-order valence-electron chi connectivity index (χ4n) is 4.67. The monoisotopic (exact) mass is 509 g/mol. The first-order valence-electron chi connectivity index (χ1n) is 11.0. The number of H-pyrrole nitrogens is 1. The van der Waals surface area contributed by atoms with Gasteiger partial charge in [0.2, 0.25) is 0 Å². The summed E-state index contributed by atoms with van der Waals surface area (Å²) in [5.41, 5.74) is 3.06. The molecule has 1 aromatic heterocycles. The van der Waals surface area contributed by atoms with Crippen LogP contribution in [-0.2, 0) is 17.8 Å². The molecule has 1 atom stereocenters. The second-order valence-corrected chi connectivity index (χ2v) is 9.58. The van der Waals surface area contributed by atoms with Crippen molar-refractivity contribution in [3.8, 4) is 5.75 Å². The Morgan fingerprint density at radius 2 is 1.94 bits per heavy atom. The van der Waals surface area contributed by atoms with Crippen molar-refractivity contribution in [3.05, 3.63) is 60.5 Å². The van der Waals surface area contributed by atoms with Crippen molar-refractivity contribution in [3.63, 3.8) is 0 Å². The first-order valence-corrected chi connectivity index (χ1v) is 11.7. The molecule has 0 radical (unpaired) electrons. The van der Waals surface area contributed by atoms with Crippen LogP contribution in [-0.4, -0.2) is 66.1 Å². The summed E-state index contributed by atoms with van der Waals surface area (Å²) in [5.74, 6) is 0.965. The maximum Gasteiger partial charge on any atom is 0.290 e. The fourth-order valence-corrected chi connectivity index (χ4v) is 5.39. The third-order valence-electron chi connectivity index (χ3n) is 6.57. The van der Waals surface area contributed by atoms with E-state index in [-0.39, 0.29) is 30.4 Å².